The molecule has 30 heavy (non-hydrogen) atoms. The third kappa shape index (κ3) is 14.5. The van der Waals surface area contributed by atoms with Gasteiger partial charge in [0.05, 0.1) is 0 Å². The van der Waals surface area contributed by atoms with Crippen molar-refractivity contribution in [3.05, 3.63) is 35.6 Å². The van der Waals surface area contributed by atoms with Gasteiger partial charge < -0.3 is 32.2 Å². The second-order valence-corrected chi connectivity index (χ2v) is 6.03. The zero-order valence-electron chi connectivity index (χ0n) is 17.2. The van der Waals surface area contributed by atoms with Gasteiger partial charge in [-0.25, -0.2) is 4.79 Å². The summed E-state index contributed by atoms with van der Waals surface area (Å²) in [5.74, 6) is -1.02. The van der Waals surface area contributed by atoms with Gasteiger partial charge in [-0.1, -0.05) is 38.9 Å². The molecule has 1 aromatic carbocycles. The number of ether oxygens (including phenoxy) is 1. The molecule has 0 aliphatic carbocycles. The van der Waals surface area contributed by atoms with E-state index in [1.54, 1.807) is 24.3 Å². The van der Waals surface area contributed by atoms with Crippen LogP contribution in [0.2, 0.25) is 0 Å². The Morgan fingerprint density at radius 2 is 1.80 bits per heavy atom. The van der Waals surface area contributed by atoms with Crippen LogP contribution in [0.25, 0.3) is 5.73 Å². The first-order chi connectivity index (χ1) is 13.9. The van der Waals surface area contributed by atoms with Gasteiger partial charge in [0.15, 0.2) is 5.91 Å². The number of hydrogen-bond donors (Lipinski definition) is 4. The smallest absolute Gasteiger partial charge is 0.312 e. The molecule has 0 radical (unpaired) electrons. The topological polar surface area (TPSA) is 163 Å². The quantitative estimate of drug-likeness (QED) is 0.227. The average Bonchev–Trinajstić information content (AvgIpc) is 2.69. The van der Waals surface area contributed by atoms with Crippen LogP contribution in [0.15, 0.2) is 24.3 Å². The minimum absolute atomic E-state index is 0. The summed E-state index contributed by atoms with van der Waals surface area (Å²) in [5, 5.41) is 7.54. The van der Waals surface area contributed by atoms with Crippen LogP contribution >= 0.6 is 0 Å². The Balaban J connectivity index is 0. The molecule has 4 amide bonds. The molecule has 0 saturated heterocycles. The molecule has 0 spiro atoms. The van der Waals surface area contributed by atoms with Gasteiger partial charge in [-0.2, -0.15) is 0 Å². The number of anilines is 1. The van der Waals surface area contributed by atoms with E-state index in [9.17, 15) is 19.2 Å². The van der Waals surface area contributed by atoms with Crippen LogP contribution in [0.1, 0.15) is 38.7 Å². The predicted molar refractivity (Wildman–Crippen MR) is 110 cm³/mol. The number of benzene rings is 1. The van der Waals surface area contributed by atoms with E-state index in [0.29, 0.717) is 18.6 Å². The van der Waals surface area contributed by atoms with E-state index in [-0.39, 0.29) is 40.6 Å². The van der Waals surface area contributed by atoms with E-state index in [4.69, 9.17) is 11.5 Å². The molecule has 6 N–H and O–H groups in total. The van der Waals surface area contributed by atoms with Gasteiger partial charge in [0, 0.05) is 33.3 Å². The standard InChI is InChI=1S/C16H22N5O5.C3H8.W/c17-8-14(23)21-13(2-1-7-19-16(18)25)15(24)20-12-5-3-11(4-6-12)9-26-10-22;1-3-2;/h3-6,10,13,17H,1-2,7-9H2,(H,20,24)(H,21,23)(H3,18,19,25);3H2,1-2H3;/q-1;;. The van der Waals surface area contributed by atoms with Crippen LogP contribution in [0.5, 0.6) is 0 Å². The fraction of sp³-hybridized carbons (Fsp3) is 0.474. The zero-order valence-corrected chi connectivity index (χ0v) is 20.2. The van der Waals surface area contributed by atoms with Crippen LogP contribution in [-0.4, -0.2) is 43.4 Å². The summed E-state index contributed by atoms with van der Waals surface area (Å²) < 4.78 is 4.63. The first kappa shape index (κ1) is 29.7. The van der Waals surface area contributed by atoms with E-state index in [1.807, 2.05) is 0 Å². The van der Waals surface area contributed by atoms with Crippen molar-refractivity contribution in [1.82, 2.24) is 10.6 Å². The summed E-state index contributed by atoms with van der Waals surface area (Å²) in [4.78, 5) is 44.6. The van der Waals surface area contributed by atoms with Gasteiger partial charge in [-0.15, -0.1) is 0 Å². The molecule has 11 heteroatoms. The van der Waals surface area contributed by atoms with Gasteiger partial charge in [-0.3, -0.25) is 14.4 Å². The first-order valence-electron chi connectivity index (χ1n) is 9.30. The number of carbonyl (C=O) groups excluding carboxylic acids is 4. The number of rotatable bonds is 11. The monoisotopic (exact) mass is 592 g/mol. The molecule has 0 heterocycles. The number of carbonyl (C=O) groups is 4. The fourth-order valence-corrected chi connectivity index (χ4v) is 2.08. The van der Waals surface area contributed by atoms with E-state index in [1.165, 1.54) is 6.42 Å². The van der Waals surface area contributed by atoms with E-state index in [0.717, 1.165) is 5.56 Å². The van der Waals surface area contributed by atoms with Crippen molar-refractivity contribution in [2.45, 2.75) is 45.8 Å². The second kappa shape index (κ2) is 18.6. The second-order valence-electron chi connectivity index (χ2n) is 6.03. The molecule has 0 saturated carbocycles. The molecule has 0 bridgehead atoms. The van der Waals surface area contributed by atoms with Crippen LogP contribution in [0.3, 0.4) is 0 Å². The fourth-order valence-electron chi connectivity index (χ4n) is 2.08. The van der Waals surface area contributed by atoms with Crippen LogP contribution in [0.4, 0.5) is 10.5 Å². The molecule has 0 aromatic heterocycles. The molecule has 0 aliphatic heterocycles. The largest absolute Gasteiger partial charge is 0.670 e. The van der Waals surface area contributed by atoms with Crippen molar-refractivity contribution < 1.29 is 45.0 Å². The number of nitrogens with one attached hydrogen (secondary N) is 4. The summed E-state index contributed by atoms with van der Waals surface area (Å²) >= 11 is 0. The normalized spacial score (nSPS) is 10.2. The molecule has 1 rings (SSSR count). The Labute approximate surface area is 191 Å². The summed E-state index contributed by atoms with van der Waals surface area (Å²) in [6.07, 6.45) is 1.93. The molecule has 0 fully saturated rings. The van der Waals surface area contributed by atoms with Gasteiger partial charge in [0.2, 0.25) is 5.91 Å². The minimum atomic E-state index is -0.847. The Morgan fingerprint density at radius 3 is 2.30 bits per heavy atom. The van der Waals surface area contributed by atoms with Gasteiger partial charge in [0.1, 0.15) is 12.6 Å². The third-order valence-electron chi connectivity index (χ3n) is 3.32. The number of primary amides is 1. The number of amides is 4. The van der Waals surface area contributed by atoms with Gasteiger partial charge >= 0.3 is 6.03 Å². The van der Waals surface area contributed by atoms with Crippen molar-refractivity contribution in [2.75, 3.05) is 18.4 Å². The predicted octanol–water partition coefficient (Wildman–Crippen LogP) is 1.70. The molecule has 10 nitrogen and oxygen atoms in total. The van der Waals surface area contributed by atoms with Crippen molar-refractivity contribution in [2.24, 2.45) is 5.73 Å². The molecule has 0 aliphatic rings. The van der Waals surface area contributed by atoms with Crippen LogP contribution in [0, 0.1) is 0 Å². The molecule has 1 atom stereocenters. The van der Waals surface area contributed by atoms with E-state index >= 15 is 0 Å². The summed E-state index contributed by atoms with van der Waals surface area (Å²) in [7, 11) is 0. The van der Waals surface area contributed by atoms with Gasteiger partial charge in [0.25, 0.3) is 6.47 Å². The van der Waals surface area contributed by atoms with Crippen molar-refractivity contribution in [1.29, 1.82) is 0 Å². The van der Waals surface area contributed by atoms with E-state index < -0.39 is 30.4 Å². The van der Waals surface area contributed by atoms with Crippen molar-refractivity contribution in [3.63, 3.8) is 0 Å². The summed E-state index contributed by atoms with van der Waals surface area (Å²) in [6, 6.07) is 5.14. The molecule has 1 aromatic rings. The van der Waals surface area contributed by atoms with Crippen LogP contribution in [-0.2, 0) is 46.8 Å². The van der Waals surface area contributed by atoms with Gasteiger partial charge in [-0.05, 0) is 30.5 Å². The minimum Gasteiger partial charge on any atom is -0.670 e. The zero-order chi connectivity index (χ0) is 22.1. The Kier molecular flexibility index (Phi) is 18.4. The number of hydrogen-bond acceptors (Lipinski definition) is 5. The average molecular weight is 592 g/mol. The molecule has 1 unspecified atom stereocenters. The Morgan fingerprint density at radius 1 is 1.20 bits per heavy atom. The maximum atomic E-state index is 12.4. The molecular formula is C19H30N5O5W-. The first-order valence-corrected chi connectivity index (χ1v) is 9.30. The van der Waals surface area contributed by atoms with Crippen molar-refractivity contribution in [3.8, 4) is 0 Å². The number of nitrogens with two attached hydrogens (primary N) is 1. The number of urea groups is 1. The van der Waals surface area contributed by atoms with E-state index in [2.05, 4.69) is 34.5 Å². The maximum absolute atomic E-state index is 12.4. The van der Waals surface area contributed by atoms with Crippen molar-refractivity contribution >= 4 is 30.0 Å². The Hall–Kier alpha value is -2.45. The Bertz CT molecular complexity index is 643. The SMILES string of the molecule is CCC.[NH-]CC(=O)NC(CCCNC(N)=O)C(=O)Nc1ccc(COC=O)cc1.[W]. The third-order valence-corrected chi connectivity index (χ3v) is 3.32. The summed E-state index contributed by atoms with van der Waals surface area (Å²) in [5.41, 5.74) is 13.3. The summed E-state index contributed by atoms with van der Waals surface area (Å²) in [6.45, 7) is 4.51. The molecular weight excluding hydrogens is 562 g/mol. The van der Waals surface area contributed by atoms with Crippen LogP contribution < -0.4 is 21.7 Å². The molecule has 168 valence electrons. The maximum Gasteiger partial charge on any atom is 0.312 e.